The quantitative estimate of drug-likeness (QED) is 0.799. The summed E-state index contributed by atoms with van der Waals surface area (Å²) in [5.74, 6) is 0.799. The van der Waals surface area contributed by atoms with Crippen LogP contribution in [0.15, 0.2) is 18.2 Å². The van der Waals surface area contributed by atoms with Gasteiger partial charge in [-0.15, -0.1) is 0 Å². The Bertz CT molecular complexity index is 816. The fourth-order valence-electron chi connectivity index (χ4n) is 4.81. The first-order chi connectivity index (χ1) is 12.6. The average molecular weight is 396 g/mol. The van der Waals surface area contributed by atoms with Crippen molar-refractivity contribution in [2.45, 2.75) is 45.6 Å². The molecule has 0 aromatic heterocycles. The smallest absolute Gasteiger partial charge is 0.322 e. The third kappa shape index (κ3) is 4.00. The topological polar surface area (TPSA) is 87.7 Å². The molecule has 2 N–H and O–H groups in total. The maximum absolute atomic E-state index is 12.8. The monoisotopic (exact) mass is 395 g/mol. The van der Waals surface area contributed by atoms with Crippen molar-refractivity contribution in [1.82, 2.24) is 4.90 Å². The molecular weight excluding hydrogens is 366 g/mol. The standard InChI is InChI=1S/C19H29N3O4S/c1-13(2)17-19(9-5-6-10-19)12-22(17)18(23)20-14-7-8-16(26-3)15(11-14)21-27(4,24)25/h7-8,11,13,17,21H,5-6,9-10,12H2,1-4H3,(H,20,23). The summed E-state index contributed by atoms with van der Waals surface area (Å²) in [6.45, 7) is 5.14. The van der Waals surface area contributed by atoms with Crippen molar-refractivity contribution >= 4 is 27.4 Å². The van der Waals surface area contributed by atoms with Gasteiger partial charge in [0, 0.05) is 23.7 Å². The number of anilines is 2. The van der Waals surface area contributed by atoms with Crippen molar-refractivity contribution < 1.29 is 17.9 Å². The molecular formula is C19H29N3O4S. The largest absolute Gasteiger partial charge is 0.495 e. The lowest BCUT2D eigenvalue weighted by atomic mass is 9.66. The first kappa shape index (κ1) is 19.8. The zero-order valence-electron chi connectivity index (χ0n) is 16.4. The minimum absolute atomic E-state index is 0.137. The van der Waals surface area contributed by atoms with Crippen LogP contribution in [0.25, 0.3) is 0 Å². The zero-order valence-corrected chi connectivity index (χ0v) is 17.2. The molecule has 2 fully saturated rings. The van der Waals surface area contributed by atoms with E-state index >= 15 is 0 Å². The number of ether oxygens (including phenoxy) is 1. The van der Waals surface area contributed by atoms with Gasteiger partial charge in [-0.3, -0.25) is 4.72 Å². The Labute approximate surface area is 161 Å². The Morgan fingerprint density at radius 2 is 1.96 bits per heavy atom. The summed E-state index contributed by atoms with van der Waals surface area (Å²) in [4.78, 5) is 14.8. The Hall–Kier alpha value is -1.96. The second-order valence-corrected chi connectivity index (χ2v) is 9.85. The number of sulfonamides is 1. The van der Waals surface area contributed by atoms with E-state index in [0.29, 0.717) is 23.0 Å². The second kappa shape index (κ2) is 7.22. The SMILES string of the molecule is COc1ccc(NC(=O)N2CC3(CCCC3)C2C(C)C)cc1NS(C)(=O)=O. The van der Waals surface area contributed by atoms with Crippen LogP contribution in [0.1, 0.15) is 39.5 Å². The van der Waals surface area contributed by atoms with E-state index < -0.39 is 10.0 Å². The highest BCUT2D eigenvalue weighted by Crippen LogP contribution is 2.53. The summed E-state index contributed by atoms with van der Waals surface area (Å²) >= 11 is 0. The predicted octanol–water partition coefficient (Wildman–Crippen LogP) is 3.50. The normalized spacial score (nSPS) is 21.2. The number of likely N-dealkylation sites (tertiary alicyclic amines) is 1. The summed E-state index contributed by atoms with van der Waals surface area (Å²) in [7, 11) is -1.99. The molecule has 1 heterocycles. The van der Waals surface area contributed by atoms with Gasteiger partial charge in [0.25, 0.3) is 0 Å². The Morgan fingerprint density at radius 1 is 1.30 bits per heavy atom. The third-order valence-corrected chi connectivity index (χ3v) is 6.28. The Kier molecular flexibility index (Phi) is 5.29. The van der Waals surface area contributed by atoms with Gasteiger partial charge in [-0.05, 0) is 37.0 Å². The van der Waals surface area contributed by atoms with Gasteiger partial charge in [0.2, 0.25) is 10.0 Å². The Balaban J connectivity index is 1.75. The number of nitrogens with one attached hydrogen (secondary N) is 2. The molecule has 2 aliphatic rings. The molecule has 1 aliphatic heterocycles. The van der Waals surface area contributed by atoms with Gasteiger partial charge in [-0.25, -0.2) is 13.2 Å². The van der Waals surface area contributed by atoms with Crippen molar-refractivity contribution in [2.24, 2.45) is 11.3 Å². The molecule has 2 amide bonds. The number of methoxy groups -OCH3 is 1. The highest BCUT2D eigenvalue weighted by Gasteiger charge is 2.56. The maximum atomic E-state index is 12.8. The molecule has 8 heteroatoms. The molecule has 27 heavy (non-hydrogen) atoms. The number of nitrogens with zero attached hydrogens (tertiary/aromatic N) is 1. The Morgan fingerprint density at radius 3 is 2.52 bits per heavy atom. The van der Waals surface area contributed by atoms with Gasteiger partial charge < -0.3 is 15.0 Å². The molecule has 1 spiro atoms. The van der Waals surface area contributed by atoms with Crippen molar-refractivity contribution in [1.29, 1.82) is 0 Å². The van der Waals surface area contributed by atoms with E-state index in [-0.39, 0.29) is 17.5 Å². The molecule has 150 valence electrons. The van der Waals surface area contributed by atoms with E-state index in [0.717, 1.165) is 12.8 Å². The number of benzene rings is 1. The van der Waals surface area contributed by atoms with Crippen LogP contribution in [0.5, 0.6) is 5.75 Å². The van der Waals surface area contributed by atoms with E-state index in [1.54, 1.807) is 18.2 Å². The van der Waals surface area contributed by atoms with Crippen LogP contribution >= 0.6 is 0 Å². The molecule has 7 nitrogen and oxygen atoms in total. The number of carbonyl (C=O) groups is 1. The first-order valence-corrected chi connectivity index (χ1v) is 11.3. The molecule has 3 rings (SSSR count). The minimum Gasteiger partial charge on any atom is -0.495 e. The first-order valence-electron chi connectivity index (χ1n) is 9.39. The lowest BCUT2D eigenvalue weighted by Crippen LogP contribution is -2.68. The molecule has 1 aliphatic carbocycles. The summed E-state index contributed by atoms with van der Waals surface area (Å²) in [6.07, 6.45) is 5.97. The van der Waals surface area contributed by atoms with Crippen LogP contribution in [0.4, 0.5) is 16.2 Å². The van der Waals surface area contributed by atoms with Crippen LogP contribution < -0.4 is 14.8 Å². The lowest BCUT2D eigenvalue weighted by molar-refractivity contribution is -0.0578. The van der Waals surface area contributed by atoms with E-state index in [1.807, 2.05) is 4.90 Å². The molecule has 1 aromatic carbocycles. The van der Waals surface area contributed by atoms with E-state index in [2.05, 4.69) is 23.9 Å². The molecule has 0 radical (unpaired) electrons. The van der Waals surface area contributed by atoms with Gasteiger partial charge in [0.05, 0.1) is 19.1 Å². The maximum Gasteiger partial charge on any atom is 0.322 e. The summed E-state index contributed by atoms with van der Waals surface area (Å²) in [5.41, 5.74) is 1.12. The summed E-state index contributed by atoms with van der Waals surface area (Å²) in [5, 5.41) is 2.91. The fraction of sp³-hybridized carbons (Fsp3) is 0.632. The minimum atomic E-state index is -3.45. The highest BCUT2D eigenvalue weighted by molar-refractivity contribution is 7.92. The number of rotatable bonds is 5. The van der Waals surface area contributed by atoms with Crippen molar-refractivity contribution in [2.75, 3.05) is 29.9 Å². The van der Waals surface area contributed by atoms with Crippen molar-refractivity contribution in [3.63, 3.8) is 0 Å². The number of urea groups is 1. The molecule has 1 saturated heterocycles. The van der Waals surface area contributed by atoms with Gasteiger partial charge >= 0.3 is 6.03 Å². The van der Waals surface area contributed by atoms with E-state index in [4.69, 9.17) is 4.74 Å². The van der Waals surface area contributed by atoms with Gasteiger partial charge in [-0.2, -0.15) is 0 Å². The summed E-state index contributed by atoms with van der Waals surface area (Å²) in [6, 6.07) is 5.04. The van der Waals surface area contributed by atoms with Crippen molar-refractivity contribution in [3.8, 4) is 5.75 Å². The summed E-state index contributed by atoms with van der Waals surface area (Å²) < 4.78 is 30.7. The zero-order chi connectivity index (χ0) is 19.8. The van der Waals surface area contributed by atoms with Crippen molar-refractivity contribution in [3.05, 3.63) is 18.2 Å². The van der Waals surface area contributed by atoms with E-state index in [1.165, 1.54) is 32.8 Å². The predicted molar refractivity (Wildman–Crippen MR) is 107 cm³/mol. The third-order valence-electron chi connectivity index (χ3n) is 5.69. The van der Waals surface area contributed by atoms with Crippen LogP contribution in [0.3, 0.4) is 0 Å². The molecule has 0 bridgehead atoms. The number of amides is 2. The second-order valence-electron chi connectivity index (χ2n) is 8.11. The van der Waals surface area contributed by atoms with Crippen LogP contribution in [0.2, 0.25) is 0 Å². The van der Waals surface area contributed by atoms with Crippen LogP contribution in [0, 0.1) is 11.3 Å². The molecule has 1 unspecified atom stereocenters. The molecule has 1 aromatic rings. The lowest BCUT2D eigenvalue weighted by Gasteiger charge is -2.58. The van der Waals surface area contributed by atoms with Gasteiger partial charge in [0.15, 0.2) is 0 Å². The molecule has 1 saturated carbocycles. The van der Waals surface area contributed by atoms with E-state index in [9.17, 15) is 13.2 Å². The van der Waals surface area contributed by atoms with Crippen LogP contribution in [-0.2, 0) is 10.0 Å². The average Bonchev–Trinajstić information content (AvgIpc) is 3.02. The van der Waals surface area contributed by atoms with Crippen LogP contribution in [-0.4, -0.2) is 45.3 Å². The molecule has 1 atom stereocenters. The van der Waals surface area contributed by atoms with Gasteiger partial charge in [-0.1, -0.05) is 26.7 Å². The number of hydrogen-bond donors (Lipinski definition) is 2. The fourth-order valence-corrected chi connectivity index (χ4v) is 5.37. The van der Waals surface area contributed by atoms with Gasteiger partial charge in [0.1, 0.15) is 5.75 Å². The number of hydrogen-bond acceptors (Lipinski definition) is 4. The highest BCUT2D eigenvalue weighted by atomic mass is 32.2. The number of carbonyl (C=O) groups excluding carboxylic acids is 1.